The van der Waals surface area contributed by atoms with Crippen LogP contribution in [0.25, 0.3) is 11.0 Å². The summed E-state index contributed by atoms with van der Waals surface area (Å²) in [6, 6.07) is 3.09. The quantitative estimate of drug-likeness (QED) is 0.549. The van der Waals surface area contributed by atoms with Crippen molar-refractivity contribution >= 4 is 22.6 Å². The van der Waals surface area contributed by atoms with Crippen LogP contribution in [0.2, 0.25) is 0 Å². The second-order valence-electron chi connectivity index (χ2n) is 3.14. The lowest BCUT2D eigenvalue weighted by molar-refractivity contribution is 0.0994. The van der Waals surface area contributed by atoms with Gasteiger partial charge >= 0.3 is 0 Å². The monoisotopic (exact) mass is 220 g/mol. The lowest BCUT2D eigenvalue weighted by Crippen LogP contribution is -2.30. The lowest BCUT2D eigenvalue weighted by Gasteiger charge is -2.07. The van der Waals surface area contributed by atoms with Crippen LogP contribution in [0.4, 0.5) is 5.69 Å². The number of aromatic nitrogens is 2. The van der Waals surface area contributed by atoms with E-state index < -0.39 is 17.0 Å². The van der Waals surface area contributed by atoms with Gasteiger partial charge in [-0.05, 0) is 12.1 Å². The molecule has 5 N–H and O–H groups in total. The molecule has 2 aromatic rings. The Morgan fingerprint density at radius 2 is 2.19 bits per heavy atom. The van der Waals surface area contributed by atoms with Crippen molar-refractivity contribution in [3.63, 3.8) is 0 Å². The van der Waals surface area contributed by atoms with Crippen molar-refractivity contribution in [3.05, 3.63) is 34.2 Å². The maximum Gasteiger partial charge on any atom is 0.299 e. The number of carbonyl (C=O) groups is 1. The number of hydrogen-bond donors (Lipinski definition) is 3. The van der Waals surface area contributed by atoms with Crippen molar-refractivity contribution in [2.75, 3.05) is 5.73 Å². The van der Waals surface area contributed by atoms with Gasteiger partial charge in [-0.15, -0.1) is 4.73 Å². The highest BCUT2D eigenvalue weighted by Gasteiger charge is 2.18. The van der Waals surface area contributed by atoms with Gasteiger partial charge in [0.15, 0.2) is 5.65 Å². The summed E-state index contributed by atoms with van der Waals surface area (Å²) in [5.41, 5.74) is 9.12. The maximum atomic E-state index is 11.5. The Morgan fingerprint density at radius 1 is 1.50 bits per heavy atom. The van der Waals surface area contributed by atoms with Crippen LogP contribution in [0.5, 0.6) is 0 Å². The molecule has 0 unspecified atom stereocenters. The molecule has 0 aliphatic heterocycles. The number of nitrogens with two attached hydrogens (primary N) is 2. The highest BCUT2D eigenvalue weighted by Crippen LogP contribution is 2.19. The van der Waals surface area contributed by atoms with E-state index in [9.17, 15) is 14.8 Å². The van der Waals surface area contributed by atoms with Crippen LogP contribution < -0.4 is 17.0 Å². The molecule has 0 saturated carbocycles. The molecule has 0 aromatic carbocycles. The molecule has 0 radical (unpaired) electrons. The third-order valence-electron chi connectivity index (χ3n) is 2.20. The number of nitrogen functional groups attached to an aromatic ring is 1. The SMILES string of the molecule is NC(=O)c1c(N)c2cccnc2n(O)c1=O. The number of hydrogen-bond acceptors (Lipinski definition) is 5. The minimum Gasteiger partial charge on any atom is -0.423 e. The first kappa shape index (κ1) is 9.97. The Bertz CT molecular complexity index is 647. The third kappa shape index (κ3) is 1.18. The van der Waals surface area contributed by atoms with Crippen molar-refractivity contribution in [1.82, 2.24) is 9.71 Å². The summed E-state index contributed by atoms with van der Waals surface area (Å²) >= 11 is 0. The molecule has 82 valence electrons. The van der Waals surface area contributed by atoms with Gasteiger partial charge in [0.05, 0.1) is 5.69 Å². The highest BCUT2D eigenvalue weighted by molar-refractivity contribution is 6.04. The molecule has 7 nitrogen and oxygen atoms in total. The summed E-state index contributed by atoms with van der Waals surface area (Å²) < 4.78 is 0.256. The van der Waals surface area contributed by atoms with Crippen molar-refractivity contribution < 1.29 is 10.0 Å². The van der Waals surface area contributed by atoms with E-state index in [1.54, 1.807) is 6.07 Å². The molecule has 0 fully saturated rings. The van der Waals surface area contributed by atoms with E-state index >= 15 is 0 Å². The number of fused-ring (bicyclic) bond motifs is 1. The van der Waals surface area contributed by atoms with Crippen LogP contribution in [-0.2, 0) is 0 Å². The zero-order chi connectivity index (χ0) is 11.9. The first-order chi connectivity index (χ1) is 7.54. The lowest BCUT2D eigenvalue weighted by atomic mass is 10.1. The minimum absolute atomic E-state index is 0.0185. The average molecular weight is 220 g/mol. The molecule has 2 rings (SSSR count). The Labute approximate surface area is 88.9 Å². The molecule has 7 heteroatoms. The van der Waals surface area contributed by atoms with Crippen LogP contribution in [-0.4, -0.2) is 20.8 Å². The second kappa shape index (κ2) is 3.23. The predicted molar refractivity (Wildman–Crippen MR) is 56.1 cm³/mol. The van der Waals surface area contributed by atoms with Crippen LogP contribution >= 0.6 is 0 Å². The molecule has 0 atom stereocenters. The standard InChI is InChI=1S/C9H8N4O3/c10-6-4-2-1-3-12-8(4)13(16)9(15)5(6)7(11)14/h1-3,16H,10H2,(H2,11,14). The molecular weight excluding hydrogens is 212 g/mol. The summed E-state index contributed by atoms with van der Waals surface area (Å²) in [6.45, 7) is 0. The molecule has 2 aromatic heterocycles. The van der Waals surface area contributed by atoms with Gasteiger partial charge in [-0.2, -0.15) is 0 Å². The highest BCUT2D eigenvalue weighted by atomic mass is 16.5. The Kier molecular flexibility index (Phi) is 2.01. The van der Waals surface area contributed by atoms with Gasteiger partial charge in [-0.25, -0.2) is 4.98 Å². The van der Waals surface area contributed by atoms with Crippen molar-refractivity contribution in [2.45, 2.75) is 0 Å². The third-order valence-corrected chi connectivity index (χ3v) is 2.20. The van der Waals surface area contributed by atoms with Gasteiger partial charge in [0.1, 0.15) is 5.56 Å². The summed E-state index contributed by atoms with van der Waals surface area (Å²) in [5, 5.41) is 9.78. The van der Waals surface area contributed by atoms with Crippen molar-refractivity contribution in [2.24, 2.45) is 5.73 Å². The topological polar surface area (TPSA) is 124 Å². The zero-order valence-corrected chi connectivity index (χ0v) is 8.04. The smallest absolute Gasteiger partial charge is 0.299 e. The van der Waals surface area contributed by atoms with E-state index in [4.69, 9.17) is 11.5 Å². The van der Waals surface area contributed by atoms with Crippen LogP contribution in [0.15, 0.2) is 23.1 Å². The number of rotatable bonds is 1. The van der Waals surface area contributed by atoms with E-state index in [1.165, 1.54) is 12.3 Å². The number of amides is 1. The number of carbonyl (C=O) groups excluding carboxylic acids is 1. The summed E-state index contributed by atoms with van der Waals surface area (Å²) in [7, 11) is 0. The fourth-order valence-electron chi connectivity index (χ4n) is 1.47. The maximum absolute atomic E-state index is 11.5. The summed E-state index contributed by atoms with van der Waals surface area (Å²) in [6.07, 6.45) is 1.39. The van der Waals surface area contributed by atoms with E-state index in [0.29, 0.717) is 5.39 Å². The number of anilines is 1. The number of nitrogens with zero attached hydrogens (tertiary/aromatic N) is 2. The Hall–Kier alpha value is -2.57. The molecular formula is C9H8N4O3. The Balaban J connectivity index is 3.07. The van der Waals surface area contributed by atoms with Gasteiger partial charge in [0, 0.05) is 11.6 Å². The van der Waals surface area contributed by atoms with Crippen molar-refractivity contribution in [3.8, 4) is 0 Å². The summed E-state index contributed by atoms with van der Waals surface area (Å²) in [5.74, 6) is -0.990. The predicted octanol–water partition coefficient (Wildman–Crippen LogP) is -0.685. The van der Waals surface area contributed by atoms with E-state index in [0.717, 1.165) is 0 Å². The van der Waals surface area contributed by atoms with E-state index in [2.05, 4.69) is 4.98 Å². The first-order valence-electron chi connectivity index (χ1n) is 4.32. The van der Waals surface area contributed by atoms with Gasteiger partial charge in [-0.3, -0.25) is 9.59 Å². The zero-order valence-electron chi connectivity index (χ0n) is 8.04. The van der Waals surface area contributed by atoms with Crippen LogP contribution in [0, 0.1) is 0 Å². The molecule has 0 spiro atoms. The fraction of sp³-hybridized carbons (Fsp3) is 0. The number of pyridine rings is 2. The van der Waals surface area contributed by atoms with E-state index in [1.807, 2.05) is 0 Å². The Morgan fingerprint density at radius 3 is 2.81 bits per heavy atom. The van der Waals surface area contributed by atoms with Crippen molar-refractivity contribution in [1.29, 1.82) is 0 Å². The van der Waals surface area contributed by atoms with Crippen LogP contribution in [0.1, 0.15) is 10.4 Å². The molecule has 2 heterocycles. The fourth-order valence-corrected chi connectivity index (χ4v) is 1.47. The van der Waals surface area contributed by atoms with Gasteiger partial charge in [0.2, 0.25) is 0 Å². The molecule has 0 aliphatic rings. The minimum atomic E-state index is -0.990. The second-order valence-corrected chi connectivity index (χ2v) is 3.14. The molecule has 0 bridgehead atoms. The number of primary amides is 1. The molecule has 16 heavy (non-hydrogen) atoms. The average Bonchev–Trinajstić information content (AvgIpc) is 2.26. The van der Waals surface area contributed by atoms with Gasteiger partial charge in [0.25, 0.3) is 11.5 Å². The van der Waals surface area contributed by atoms with Gasteiger partial charge < -0.3 is 16.7 Å². The summed E-state index contributed by atoms with van der Waals surface area (Å²) in [4.78, 5) is 26.4. The molecule has 1 amide bonds. The first-order valence-corrected chi connectivity index (χ1v) is 4.32. The largest absolute Gasteiger partial charge is 0.423 e. The molecule has 0 aliphatic carbocycles. The van der Waals surface area contributed by atoms with E-state index in [-0.39, 0.29) is 16.1 Å². The molecule has 0 saturated heterocycles. The normalized spacial score (nSPS) is 10.5. The van der Waals surface area contributed by atoms with Crippen LogP contribution in [0.3, 0.4) is 0 Å². The van der Waals surface area contributed by atoms with Gasteiger partial charge in [-0.1, -0.05) is 0 Å².